The molecule has 1 aromatic rings. The second kappa shape index (κ2) is 9.09. The van der Waals surface area contributed by atoms with Crippen molar-refractivity contribution in [3.8, 4) is 17.6 Å². The Balaban J connectivity index is 1.72. The molecule has 0 aromatic heterocycles. The molecule has 1 aromatic carbocycles. The average molecular weight is 386 g/mol. The Morgan fingerprint density at radius 2 is 1.92 bits per heavy atom. The molecule has 136 valence electrons. The maximum Gasteiger partial charge on any atom is 0.415 e. The SMILES string of the molecule is CS(=O)(=O)OCCC#CC1CCN(C(=O)Oc2ccc(Cl)cc2)CC1. The van der Waals surface area contributed by atoms with Gasteiger partial charge in [-0.1, -0.05) is 17.5 Å². The number of piperidine rings is 1. The first-order valence-corrected chi connectivity index (χ1v) is 10.1. The van der Waals surface area contributed by atoms with Crippen LogP contribution in [0, 0.1) is 17.8 Å². The number of hydrogen-bond acceptors (Lipinski definition) is 5. The summed E-state index contributed by atoms with van der Waals surface area (Å²) in [6, 6.07) is 6.63. The van der Waals surface area contributed by atoms with Crippen LogP contribution < -0.4 is 4.74 Å². The van der Waals surface area contributed by atoms with E-state index in [1.165, 1.54) is 0 Å². The highest BCUT2D eigenvalue weighted by Crippen LogP contribution is 2.20. The number of rotatable bonds is 4. The number of halogens is 1. The summed E-state index contributed by atoms with van der Waals surface area (Å²) in [6.07, 6.45) is 2.52. The Kier molecular flexibility index (Phi) is 7.12. The number of likely N-dealkylation sites (tertiary alicyclic amines) is 1. The van der Waals surface area contributed by atoms with E-state index in [-0.39, 0.29) is 18.6 Å². The van der Waals surface area contributed by atoms with E-state index in [0.717, 1.165) is 19.1 Å². The molecule has 6 nitrogen and oxygen atoms in total. The molecule has 1 fully saturated rings. The van der Waals surface area contributed by atoms with Crippen molar-refractivity contribution in [1.82, 2.24) is 4.90 Å². The zero-order chi connectivity index (χ0) is 18.3. The van der Waals surface area contributed by atoms with Crippen molar-refractivity contribution in [2.75, 3.05) is 26.0 Å². The lowest BCUT2D eigenvalue weighted by Crippen LogP contribution is -2.39. The lowest BCUT2D eigenvalue weighted by Gasteiger charge is -2.28. The van der Waals surface area contributed by atoms with Gasteiger partial charge in [0.2, 0.25) is 0 Å². The molecule has 0 aliphatic carbocycles. The van der Waals surface area contributed by atoms with Crippen molar-refractivity contribution >= 4 is 27.8 Å². The first-order valence-electron chi connectivity index (χ1n) is 7.88. The average Bonchev–Trinajstić information content (AvgIpc) is 2.56. The fourth-order valence-corrected chi connectivity index (χ4v) is 2.85. The second-order valence-electron chi connectivity index (χ2n) is 5.68. The number of ether oxygens (including phenoxy) is 1. The largest absolute Gasteiger partial charge is 0.415 e. The van der Waals surface area contributed by atoms with Crippen LogP contribution in [0.25, 0.3) is 0 Å². The van der Waals surface area contributed by atoms with Crippen LogP contribution >= 0.6 is 11.6 Å². The summed E-state index contributed by atoms with van der Waals surface area (Å²) in [5.41, 5.74) is 0. The molecule has 0 atom stereocenters. The van der Waals surface area contributed by atoms with E-state index in [1.54, 1.807) is 29.2 Å². The maximum atomic E-state index is 12.1. The Hall–Kier alpha value is -1.75. The normalized spacial score (nSPS) is 15.4. The quantitative estimate of drug-likeness (QED) is 0.452. The summed E-state index contributed by atoms with van der Waals surface area (Å²) in [7, 11) is -3.41. The van der Waals surface area contributed by atoms with E-state index in [1.807, 2.05) is 0 Å². The van der Waals surface area contributed by atoms with Gasteiger partial charge in [0.05, 0.1) is 12.9 Å². The van der Waals surface area contributed by atoms with Crippen LogP contribution in [0.15, 0.2) is 24.3 Å². The molecule has 0 bridgehead atoms. The monoisotopic (exact) mass is 385 g/mol. The van der Waals surface area contributed by atoms with Crippen LogP contribution in [-0.4, -0.2) is 45.4 Å². The van der Waals surface area contributed by atoms with Gasteiger partial charge in [0.25, 0.3) is 10.1 Å². The molecule has 0 N–H and O–H groups in total. The predicted octanol–water partition coefficient (Wildman–Crippen LogP) is 2.92. The minimum absolute atomic E-state index is 0.0676. The van der Waals surface area contributed by atoms with Crippen molar-refractivity contribution in [3.63, 3.8) is 0 Å². The molecule has 1 aliphatic heterocycles. The van der Waals surface area contributed by atoms with E-state index < -0.39 is 10.1 Å². The number of carbonyl (C=O) groups excluding carboxylic acids is 1. The van der Waals surface area contributed by atoms with Gasteiger partial charge in [-0.25, -0.2) is 4.79 Å². The minimum Gasteiger partial charge on any atom is -0.410 e. The van der Waals surface area contributed by atoms with Gasteiger partial charge in [-0.15, -0.1) is 5.92 Å². The van der Waals surface area contributed by atoms with E-state index in [4.69, 9.17) is 16.3 Å². The van der Waals surface area contributed by atoms with Crippen LogP contribution in [0.5, 0.6) is 5.75 Å². The van der Waals surface area contributed by atoms with Crippen molar-refractivity contribution in [1.29, 1.82) is 0 Å². The molecular weight excluding hydrogens is 366 g/mol. The van der Waals surface area contributed by atoms with Gasteiger partial charge >= 0.3 is 6.09 Å². The van der Waals surface area contributed by atoms with E-state index in [2.05, 4.69) is 16.0 Å². The van der Waals surface area contributed by atoms with Gasteiger partial charge in [-0.3, -0.25) is 4.18 Å². The molecule has 8 heteroatoms. The number of nitrogens with zero attached hydrogens (tertiary/aromatic N) is 1. The summed E-state index contributed by atoms with van der Waals surface area (Å²) < 4.78 is 31.6. The first-order chi connectivity index (χ1) is 11.8. The molecule has 0 saturated carbocycles. The van der Waals surface area contributed by atoms with Gasteiger partial charge in [-0.2, -0.15) is 8.42 Å². The highest BCUT2D eigenvalue weighted by molar-refractivity contribution is 7.85. The van der Waals surface area contributed by atoms with Gasteiger partial charge < -0.3 is 9.64 Å². The Bertz CT molecular complexity index is 743. The highest BCUT2D eigenvalue weighted by atomic mass is 35.5. The smallest absolute Gasteiger partial charge is 0.410 e. The Morgan fingerprint density at radius 3 is 2.52 bits per heavy atom. The lowest BCUT2D eigenvalue weighted by atomic mass is 9.98. The van der Waals surface area contributed by atoms with Crippen molar-refractivity contribution < 1.29 is 22.1 Å². The van der Waals surface area contributed by atoms with Crippen molar-refractivity contribution in [2.45, 2.75) is 19.3 Å². The maximum absolute atomic E-state index is 12.1. The summed E-state index contributed by atoms with van der Waals surface area (Å²) in [6.45, 7) is 1.22. The molecule has 2 rings (SSSR count). The standard InChI is InChI=1S/C17H20ClNO5S/c1-25(21,22)23-13-3-2-4-14-9-11-19(12-10-14)17(20)24-16-7-5-15(18)6-8-16/h5-8,14H,3,9-13H2,1H3. The zero-order valence-corrected chi connectivity index (χ0v) is 15.5. The van der Waals surface area contributed by atoms with Gasteiger partial charge in [-0.05, 0) is 37.1 Å². The fourth-order valence-electron chi connectivity index (χ4n) is 2.33. The predicted molar refractivity (Wildman–Crippen MR) is 95.0 cm³/mol. The number of hydrogen-bond donors (Lipinski definition) is 0. The number of amides is 1. The highest BCUT2D eigenvalue weighted by Gasteiger charge is 2.23. The molecule has 1 saturated heterocycles. The van der Waals surface area contributed by atoms with Crippen LogP contribution in [0.3, 0.4) is 0 Å². The van der Waals surface area contributed by atoms with Crippen LogP contribution in [0.1, 0.15) is 19.3 Å². The van der Waals surface area contributed by atoms with Crippen LogP contribution in [0.2, 0.25) is 5.02 Å². The second-order valence-corrected chi connectivity index (χ2v) is 7.76. The fraction of sp³-hybridized carbons (Fsp3) is 0.471. The Morgan fingerprint density at radius 1 is 1.28 bits per heavy atom. The van der Waals surface area contributed by atoms with Gasteiger partial charge in [0.15, 0.2) is 0 Å². The molecule has 1 aliphatic rings. The molecular formula is C17H20ClNO5S. The first kappa shape index (κ1) is 19.6. The molecule has 25 heavy (non-hydrogen) atoms. The molecule has 0 spiro atoms. The number of benzene rings is 1. The summed E-state index contributed by atoms with van der Waals surface area (Å²) >= 11 is 5.80. The minimum atomic E-state index is -3.41. The molecule has 0 unspecified atom stereocenters. The van der Waals surface area contributed by atoms with Gasteiger partial charge in [0.1, 0.15) is 5.75 Å². The summed E-state index contributed by atoms with van der Waals surface area (Å²) in [4.78, 5) is 13.8. The molecule has 0 radical (unpaired) electrons. The zero-order valence-electron chi connectivity index (χ0n) is 13.9. The Labute approximate surface area is 153 Å². The number of carbonyl (C=O) groups is 1. The van der Waals surface area contributed by atoms with Crippen LogP contribution in [-0.2, 0) is 14.3 Å². The van der Waals surface area contributed by atoms with E-state index in [9.17, 15) is 13.2 Å². The third-order valence-corrected chi connectivity index (χ3v) is 4.45. The van der Waals surface area contributed by atoms with Crippen molar-refractivity contribution in [2.24, 2.45) is 5.92 Å². The van der Waals surface area contributed by atoms with Crippen molar-refractivity contribution in [3.05, 3.63) is 29.3 Å². The summed E-state index contributed by atoms with van der Waals surface area (Å²) in [5.74, 6) is 6.69. The third kappa shape index (κ3) is 7.34. The lowest BCUT2D eigenvalue weighted by molar-refractivity contribution is 0.137. The van der Waals surface area contributed by atoms with E-state index in [0.29, 0.717) is 30.3 Å². The summed E-state index contributed by atoms with van der Waals surface area (Å²) in [5, 5.41) is 0.584. The molecule has 1 heterocycles. The van der Waals surface area contributed by atoms with Gasteiger partial charge in [0, 0.05) is 30.5 Å². The topological polar surface area (TPSA) is 72.9 Å². The van der Waals surface area contributed by atoms with E-state index >= 15 is 0 Å². The van der Waals surface area contributed by atoms with Crippen LogP contribution in [0.4, 0.5) is 4.79 Å². The molecule has 1 amide bonds. The third-order valence-electron chi connectivity index (χ3n) is 3.60.